The first-order chi connectivity index (χ1) is 10.2. The van der Waals surface area contributed by atoms with Gasteiger partial charge in [-0.2, -0.15) is 0 Å². The van der Waals surface area contributed by atoms with Gasteiger partial charge in [-0.1, -0.05) is 42.5 Å². The first-order valence-corrected chi connectivity index (χ1v) is 6.85. The highest BCUT2D eigenvalue weighted by molar-refractivity contribution is 5.73. The Labute approximate surface area is 125 Å². The monoisotopic (exact) mass is 284 g/mol. The molecular weight excluding hydrogens is 264 g/mol. The zero-order valence-corrected chi connectivity index (χ0v) is 12.4. The molecule has 4 nitrogen and oxygen atoms in total. The smallest absolute Gasteiger partial charge is 0.317 e. The number of carbonyl (C=O) groups excluding carboxylic acids is 1. The Morgan fingerprint density at radius 1 is 1.05 bits per heavy atom. The van der Waals surface area contributed by atoms with Gasteiger partial charge in [-0.25, -0.2) is 4.79 Å². The Balaban J connectivity index is 1.84. The van der Waals surface area contributed by atoms with Gasteiger partial charge in [-0.05, 0) is 23.3 Å². The predicted octanol–water partition coefficient (Wildman–Crippen LogP) is 3.04. The number of ether oxygens (including phenoxy) is 1. The maximum atomic E-state index is 12.0. The average Bonchev–Trinajstić information content (AvgIpc) is 2.54. The number of benzene rings is 2. The van der Waals surface area contributed by atoms with E-state index in [0.29, 0.717) is 13.1 Å². The van der Waals surface area contributed by atoms with Crippen molar-refractivity contribution < 1.29 is 9.53 Å². The molecule has 0 bridgehead atoms. The lowest BCUT2D eigenvalue weighted by Crippen LogP contribution is -2.36. The fourth-order valence-corrected chi connectivity index (χ4v) is 1.99. The molecule has 0 heterocycles. The van der Waals surface area contributed by atoms with Gasteiger partial charge >= 0.3 is 6.03 Å². The topological polar surface area (TPSA) is 41.6 Å². The molecule has 0 saturated carbocycles. The van der Waals surface area contributed by atoms with E-state index in [2.05, 4.69) is 5.32 Å². The Morgan fingerprint density at radius 2 is 1.71 bits per heavy atom. The van der Waals surface area contributed by atoms with E-state index in [9.17, 15) is 4.79 Å². The molecule has 21 heavy (non-hydrogen) atoms. The predicted molar refractivity (Wildman–Crippen MR) is 83.1 cm³/mol. The quantitative estimate of drug-likeness (QED) is 0.917. The zero-order chi connectivity index (χ0) is 15.1. The highest BCUT2D eigenvalue weighted by Crippen LogP contribution is 2.12. The van der Waals surface area contributed by atoms with E-state index in [1.165, 1.54) is 0 Å². The van der Waals surface area contributed by atoms with Crippen LogP contribution in [0.3, 0.4) is 0 Å². The normalized spacial score (nSPS) is 10.0. The Hall–Kier alpha value is -2.49. The standard InChI is InChI=1S/C17H20N2O2/c1-19(13-15-8-10-16(21-2)11-9-15)17(20)18-12-14-6-4-3-5-7-14/h3-11H,12-13H2,1-2H3,(H,18,20). The van der Waals surface area contributed by atoms with Crippen molar-refractivity contribution in [3.05, 3.63) is 65.7 Å². The van der Waals surface area contributed by atoms with Crippen molar-refractivity contribution in [3.63, 3.8) is 0 Å². The molecule has 0 unspecified atom stereocenters. The van der Waals surface area contributed by atoms with E-state index < -0.39 is 0 Å². The fraction of sp³-hybridized carbons (Fsp3) is 0.235. The summed E-state index contributed by atoms with van der Waals surface area (Å²) >= 11 is 0. The summed E-state index contributed by atoms with van der Waals surface area (Å²) in [6.07, 6.45) is 0. The lowest BCUT2D eigenvalue weighted by Gasteiger charge is -2.18. The maximum Gasteiger partial charge on any atom is 0.317 e. The first-order valence-electron chi connectivity index (χ1n) is 6.85. The van der Waals surface area contributed by atoms with Crippen LogP contribution in [0.25, 0.3) is 0 Å². The van der Waals surface area contributed by atoms with Gasteiger partial charge in [0.2, 0.25) is 0 Å². The molecule has 0 aliphatic heterocycles. The van der Waals surface area contributed by atoms with E-state index in [-0.39, 0.29) is 6.03 Å². The van der Waals surface area contributed by atoms with E-state index in [0.717, 1.165) is 16.9 Å². The van der Waals surface area contributed by atoms with Gasteiger partial charge < -0.3 is 15.0 Å². The molecule has 0 fully saturated rings. The Morgan fingerprint density at radius 3 is 2.33 bits per heavy atom. The van der Waals surface area contributed by atoms with Crippen LogP contribution in [-0.4, -0.2) is 25.1 Å². The number of urea groups is 1. The fourth-order valence-electron chi connectivity index (χ4n) is 1.99. The van der Waals surface area contributed by atoms with Crippen molar-refractivity contribution in [1.29, 1.82) is 0 Å². The van der Waals surface area contributed by atoms with Crippen molar-refractivity contribution >= 4 is 6.03 Å². The van der Waals surface area contributed by atoms with Gasteiger partial charge in [0.05, 0.1) is 7.11 Å². The lowest BCUT2D eigenvalue weighted by molar-refractivity contribution is 0.206. The van der Waals surface area contributed by atoms with Crippen LogP contribution in [0.4, 0.5) is 4.79 Å². The minimum atomic E-state index is -0.0883. The van der Waals surface area contributed by atoms with Crippen molar-refractivity contribution in [2.45, 2.75) is 13.1 Å². The van der Waals surface area contributed by atoms with Gasteiger partial charge in [0.1, 0.15) is 5.75 Å². The van der Waals surface area contributed by atoms with E-state index in [4.69, 9.17) is 4.74 Å². The third kappa shape index (κ3) is 4.53. The molecule has 1 N–H and O–H groups in total. The minimum Gasteiger partial charge on any atom is -0.497 e. The summed E-state index contributed by atoms with van der Waals surface area (Å²) in [4.78, 5) is 13.7. The van der Waals surface area contributed by atoms with Crippen LogP contribution in [-0.2, 0) is 13.1 Å². The number of amides is 2. The third-order valence-electron chi connectivity index (χ3n) is 3.21. The van der Waals surface area contributed by atoms with Gasteiger partial charge in [0.25, 0.3) is 0 Å². The number of carbonyl (C=O) groups is 1. The zero-order valence-electron chi connectivity index (χ0n) is 12.4. The van der Waals surface area contributed by atoms with Crippen LogP contribution in [0.2, 0.25) is 0 Å². The average molecular weight is 284 g/mol. The second-order valence-electron chi connectivity index (χ2n) is 4.85. The van der Waals surface area contributed by atoms with Gasteiger partial charge in [0, 0.05) is 20.1 Å². The van der Waals surface area contributed by atoms with E-state index in [1.54, 1.807) is 19.1 Å². The molecule has 0 aromatic heterocycles. The summed E-state index contributed by atoms with van der Waals surface area (Å²) in [6, 6.07) is 17.5. The molecule has 0 aliphatic rings. The Bertz CT molecular complexity index is 567. The number of methoxy groups -OCH3 is 1. The molecule has 2 rings (SSSR count). The summed E-state index contributed by atoms with van der Waals surface area (Å²) in [6.45, 7) is 1.09. The number of hydrogen-bond acceptors (Lipinski definition) is 2. The number of hydrogen-bond donors (Lipinski definition) is 1. The summed E-state index contributed by atoms with van der Waals surface area (Å²) < 4.78 is 5.12. The highest BCUT2D eigenvalue weighted by atomic mass is 16.5. The summed E-state index contributed by atoms with van der Waals surface area (Å²) in [7, 11) is 3.42. The summed E-state index contributed by atoms with van der Waals surface area (Å²) in [5, 5.41) is 2.90. The molecule has 110 valence electrons. The first kappa shape index (κ1) is 14.9. The SMILES string of the molecule is COc1ccc(CN(C)C(=O)NCc2ccccc2)cc1. The molecule has 2 aromatic carbocycles. The molecule has 0 saturated heterocycles. The maximum absolute atomic E-state index is 12.0. The third-order valence-corrected chi connectivity index (χ3v) is 3.21. The lowest BCUT2D eigenvalue weighted by atomic mass is 10.2. The van der Waals surface area contributed by atoms with Crippen LogP contribution in [0, 0.1) is 0 Å². The van der Waals surface area contributed by atoms with Crippen LogP contribution < -0.4 is 10.1 Å². The van der Waals surface area contributed by atoms with Crippen LogP contribution in [0.15, 0.2) is 54.6 Å². The van der Waals surface area contributed by atoms with E-state index >= 15 is 0 Å². The number of nitrogens with zero attached hydrogens (tertiary/aromatic N) is 1. The van der Waals surface area contributed by atoms with Crippen LogP contribution in [0.5, 0.6) is 5.75 Å². The second kappa shape index (κ2) is 7.33. The van der Waals surface area contributed by atoms with Gasteiger partial charge in [-0.3, -0.25) is 0 Å². The van der Waals surface area contributed by atoms with Crippen LogP contribution in [0.1, 0.15) is 11.1 Å². The van der Waals surface area contributed by atoms with Crippen molar-refractivity contribution in [3.8, 4) is 5.75 Å². The molecule has 2 amide bonds. The highest BCUT2D eigenvalue weighted by Gasteiger charge is 2.08. The minimum absolute atomic E-state index is 0.0883. The molecule has 0 radical (unpaired) electrons. The van der Waals surface area contributed by atoms with Gasteiger partial charge in [0.15, 0.2) is 0 Å². The largest absolute Gasteiger partial charge is 0.497 e. The van der Waals surface area contributed by atoms with Crippen molar-refractivity contribution in [1.82, 2.24) is 10.2 Å². The number of rotatable bonds is 5. The molecular formula is C17H20N2O2. The van der Waals surface area contributed by atoms with Crippen LogP contribution >= 0.6 is 0 Å². The molecule has 0 spiro atoms. The molecule has 0 aliphatic carbocycles. The van der Waals surface area contributed by atoms with E-state index in [1.807, 2.05) is 54.6 Å². The van der Waals surface area contributed by atoms with Crippen molar-refractivity contribution in [2.24, 2.45) is 0 Å². The molecule has 0 atom stereocenters. The Kier molecular flexibility index (Phi) is 5.21. The van der Waals surface area contributed by atoms with Gasteiger partial charge in [-0.15, -0.1) is 0 Å². The van der Waals surface area contributed by atoms with Crippen molar-refractivity contribution in [2.75, 3.05) is 14.2 Å². The molecule has 4 heteroatoms. The summed E-state index contributed by atoms with van der Waals surface area (Å²) in [5.74, 6) is 0.815. The second-order valence-corrected chi connectivity index (χ2v) is 4.85. The molecule has 2 aromatic rings. The number of nitrogens with one attached hydrogen (secondary N) is 1. The summed E-state index contributed by atoms with van der Waals surface area (Å²) in [5.41, 5.74) is 2.15.